The molecule has 0 saturated carbocycles. The minimum Gasteiger partial charge on any atom is -0.344 e. The zero-order valence-corrected chi connectivity index (χ0v) is 19.7. The summed E-state index contributed by atoms with van der Waals surface area (Å²) in [6, 6.07) is 5.13. The Kier molecular flexibility index (Phi) is 7.02. The van der Waals surface area contributed by atoms with Gasteiger partial charge in [-0.3, -0.25) is 9.59 Å². The van der Waals surface area contributed by atoms with E-state index in [1.807, 2.05) is 0 Å². The topological polar surface area (TPSA) is 93.0 Å². The molecule has 0 aliphatic heterocycles. The van der Waals surface area contributed by atoms with Gasteiger partial charge in [-0.25, -0.2) is 4.98 Å². The Labute approximate surface area is 191 Å². The van der Waals surface area contributed by atoms with Crippen molar-refractivity contribution in [1.29, 1.82) is 0 Å². The molecular formula is C18H18Cl2N6O2S2. The molecule has 3 aromatic rings. The number of benzene rings is 1. The molecule has 0 spiro atoms. The minimum absolute atomic E-state index is 0.107. The van der Waals surface area contributed by atoms with Crippen molar-refractivity contribution in [3.63, 3.8) is 0 Å². The molecule has 2 amide bonds. The number of aromatic nitrogens is 4. The highest BCUT2D eigenvalue weighted by Gasteiger charge is 2.19. The maximum Gasteiger partial charge on any atom is 0.265 e. The van der Waals surface area contributed by atoms with Crippen molar-refractivity contribution in [2.75, 3.05) is 25.2 Å². The third-order valence-corrected chi connectivity index (χ3v) is 6.61. The number of hydrogen-bond acceptors (Lipinski definition) is 7. The van der Waals surface area contributed by atoms with Crippen LogP contribution in [0.4, 0.5) is 5.13 Å². The van der Waals surface area contributed by atoms with Gasteiger partial charge in [0, 0.05) is 31.7 Å². The molecule has 0 unspecified atom stereocenters. The minimum atomic E-state index is -0.258. The van der Waals surface area contributed by atoms with E-state index in [1.54, 1.807) is 50.8 Å². The second-order valence-electron chi connectivity index (χ2n) is 6.46. The van der Waals surface area contributed by atoms with Crippen molar-refractivity contribution in [3.05, 3.63) is 38.8 Å². The van der Waals surface area contributed by atoms with Gasteiger partial charge < -0.3 is 14.8 Å². The normalized spacial score (nSPS) is 10.9. The van der Waals surface area contributed by atoms with E-state index in [-0.39, 0.29) is 17.6 Å². The van der Waals surface area contributed by atoms with Crippen LogP contribution in [0.25, 0.3) is 11.4 Å². The van der Waals surface area contributed by atoms with Crippen molar-refractivity contribution in [2.45, 2.75) is 12.1 Å². The molecular weight excluding hydrogens is 467 g/mol. The van der Waals surface area contributed by atoms with E-state index >= 15 is 0 Å². The predicted molar refractivity (Wildman–Crippen MR) is 121 cm³/mol. The summed E-state index contributed by atoms with van der Waals surface area (Å²) in [5.41, 5.74) is 1.28. The van der Waals surface area contributed by atoms with E-state index in [9.17, 15) is 9.59 Å². The maximum absolute atomic E-state index is 12.3. The highest BCUT2D eigenvalue weighted by atomic mass is 35.5. The summed E-state index contributed by atoms with van der Waals surface area (Å²) < 4.78 is 1.76. The predicted octanol–water partition coefficient (Wildman–Crippen LogP) is 3.99. The van der Waals surface area contributed by atoms with E-state index in [0.717, 1.165) is 11.3 Å². The monoisotopic (exact) mass is 484 g/mol. The summed E-state index contributed by atoms with van der Waals surface area (Å²) >= 11 is 14.6. The summed E-state index contributed by atoms with van der Waals surface area (Å²) in [5.74, 6) is 0.275. The van der Waals surface area contributed by atoms with E-state index in [4.69, 9.17) is 23.2 Å². The van der Waals surface area contributed by atoms with Gasteiger partial charge in [0.2, 0.25) is 5.91 Å². The summed E-state index contributed by atoms with van der Waals surface area (Å²) in [6.45, 7) is 1.74. The van der Waals surface area contributed by atoms with Crippen LogP contribution in [-0.4, -0.2) is 56.3 Å². The first-order valence-corrected chi connectivity index (χ1v) is 11.2. The highest BCUT2D eigenvalue weighted by molar-refractivity contribution is 7.99. The molecule has 12 heteroatoms. The lowest BCUT2D eigenvalue weighted by atomic mass is 10.2. The highest BCUT2D eigenvalue weighted by Crippen LogP contribution is 2.31. The molecule has 0 atom stereocenters. The average molecular weight is 485 g/mol. The Morgan fingerprint density at radius 1 is 1.27 bits per heavy atom. The van der Waals surface area contributed by atoms with E-state index in [1.165, 1.54) is 16.7 Å². The van der Waals surface area contributed by atoms with Gasteiger partial charge >= 0.3 is 0 Å². The fourth-order valence-corrected chi connectivity index (χ4v) is 4.69. The van der Waals surface area contributed by atoms with Gasteiger partial charge in [0.25, 0.3) is 5.91 Å². The fourth-order valence-electron chi connectivity index (χ4n) is 2.48. The average Bonchev–Trinajstić information content (AvgIpc) is 3.22. The molecule has 3 rings (SSSR count). The van der Waals surface area contributed by atoms with Gasteiger partial charge in [-0.1, -0.05) is 46.3 Å². The van der Waals surface area contributed by atoms with Crippen LogP contribution in [0.1, 0.15) is 15.4 Å². The molecule has 158 valence electrons. The Bertz CT molecular complexity index is 1110. The van der Waals surface area contributed by atoms with Gasteiger partial charge in [-0.2, -0.15) is 0 Å². The number of hydrogen-bond donors (Lipinski definition) is 1. The second-order valence-corrected chi connectivity index (χ2v) is 9.24. The number of nitrogens with zero attached hydrogens (tertiary/aromatic N) is 5. The van der Waals surface area contributed by atoms with Crippen LogP contribution in [0.2, 0.25) is 10.0 Å². The standard InChI is InChI=1S/C18H18Cl2N6O2S2/c1-9-14(16(28)25(2)3)30-17(21-9)22-13(27)8-29-18-24-23-15(26(18)4)11-6-5-10(19)7-12(11)20/h5-7H,8H2,1-4H3,(H,21,22,27). The van der Waals surface area contributed by atoms with Crippen LogP contribution in [0.3, 0.4) is 0 Å². The van der Waals surface area contributed by atoms with Crippen molar-refractivity contribution in [2.24, 2.45) is 7.05 Å². The lowest BCUT2D eigenvalue weighted by Gasteiger charge is -2.07. The molecule has 30 heavy (non-hydrogen) atoms. The molecule has 1 N–H and O–H groups in total. The first-order valence-electron chi connectivity index (χ1n) is 8.64. The number of rotatable bonds is 6. The van der Waals surface area contributed by atoms with Crippen LogP contribution in [-0.2, 0) is 11.8 Å². The summed E-state index contributed by atoms with van der Waals surface area (Å²) in [4.78, 5) is 30.7. The van der Waals surface area contributed by atoms with Gasteiger partial charge in [0.1, 0.15) is 4.88 Å². The number of carbonyl (C=O) groups excluding carboxylic acids is 2. The molecule has 8 nitrogen and oxygen atoms in total. The molecule has 0 bridgehead atoms. The van der Waals surface area contributed by atoms with E-state index in [0.29, 0.717) is 42.3 Å². The van der Waals surface area contributed by atoms with Crippen molar-refractivity contribution >= 4 is 63.2 Å². The van der Waals surface area contributed by atoms with Crippen LogP contribution in [0, 0.1) is 6.92 Å². The van der Waals surface area contributed by atoms with Crippen molar-refractivity contribution in [3.8, 4) is 11.4 Å². The molecule has 0 radical (unpaired) electrons. The molecule has 0 aliphatic rings. The molecule has 0 saturated heterocycles. The summed E-state index contributed by atoms with van der Waals surface area (Å²) in [5, 5.41) is 13.0. The van der Waals surface area contributed by atoms with Gasteiger partial charge in [-0.15, -0.1) is 10.2 Å². The number of thioether (sulfide) groups is 1. The number of halogens is 2. The van der Waals surface area contributed by atoms with Crippen LogP contribution in [0.5, 0.6) is 0 Å². The molecule has 2 aromatic heterocycles. The zero-order valence-electron chi connectivity index (χ0n) is 16.6. The van der Waals surface area contributed by atoms with E-state index in [2.05, 4.69) is 20.5 Å². The van der Waals surface area contributed by atoms with Crippen LogP contribution >= 0.6 is 46.3 Å². The zero-order chi connectivity index (χ0) is 22.0. The Morgan fingerprint density at radius 3 is 2.67 bits per heavy atom. The quantitative estimate of drug-likeness (QED) is 0.531. The largest absolute Gasteiger partial charge is 0.344 e. The number of aryl methyl sites for hydroxylation is 1. The van der Waals surface area contributed by atoms with Gasteiger partial charge in [0.15, 0.2) is 16.1 Å². The molecule has 1 aromatic carbocycles. The van der Waals surface area contributed by atoms with E-state index < -0.39 is 0 Å². The third-order valence-electron chi connectivity index (χ3n) is 3.98. The summed E-state index contributed by atoms with van der Waals surface area (Å²) in [6.07, 6.45) is 0. The lowest BCUT2D eigenvalue weighted by Crippen LogP contribution is -2.21. The smallest absolute Gasteiger partial charge is 0.265 e. The maximum atomic E-state index is 12.3. The Morgan fingerprint density at radius 2 is 2.00 bits per heavy atom. The molecule has 2 heterocycles. The second kappa shape index (κ2) is 9.34. The van der Waals surface area contributed by atoms with Crippen LogP contribution < -0.4 is 5.32 Å². The fraction of sp³-hybridized carbons (Fsp3) is 0.278. The van der Waals surface area contributed by atoms with Crippen molar-refractivity contribution in [1.82, 2.24) is 24.6 Å². The number of carbonyl (C=O) groups is 2. The van der Waals surface area contributed by atoms with Gasteiger partial charge in [-0.05, 0) is 25.1 Å². The SMILES string of the molecule is Cc1nc(NC(=O)CSc2nnc(-c3ccc(Cl)cc3Cl)n2C)sc1C(=O)N(C)C. The first-order chi connectivity index (χ1) is 14.2. The molecule has 0 fully saturated rings. The van der Waals surface area contributed by atoms with Gasteiger partial charge in [0.05, 0.1) is 16.5 Å². The Hall–Kier alpha value is -2.14. The first kappa shape index (κ1) is 22.5. The number of nitrogens with one attached hydrogen (secondary N) is 1. The van der Waals surface area contributed by atoms with Crippen LogP contribution in [0.15, 0.2) is 23.4 Å². The Balaban J connectivity index is 1.65. The number of amides is 2. The third kappa shape index (κ3) is 4.94. The van der Waals surface area contributed by atoms with Crippen molar-refractivity contribution < 1.29 is 9.59 Å². The summed E-state index contributed by atoms with van der Waals surface area (Å²) in [7, 11) is 5.13. The number of thiazole rings is 1. The lowest BCUT2D eigenvalue weighted by molar-refractivity contribution is -0.113. The number of anilines is 1. The molecule has 0 aliphatic carbocycles.